The number of aromatic nitrogens is 2. The van der Waals surface area contributed by atoms with E-state index in [9.17, 15) is 4.79 Å². The van der Waals surface area contributed by atoms with Gasteiger partial charge in [0.05, 0.1) is 18.3 Å². The lowest BCUT2D eigenvalue weighted by Gasteiger charge is -2.28. The molecule has 1 atom stereocenters. The number of benzene rings is 2. The van der Waals surface area contributed by atoms with Crippen molar-refractivity contribution < 1.29 is 9.53 Å². The molecular formula is C26H31N3O2. The molecule has 1 aliphatic heterocycles. The minimum atomic E-state index is -0.159. The van der Waals surface area contributed by atoms with Crippen LogP contribution in [0.4, 0.5) is 0 Å². The summed E-state index contributed by atoms with van der Waals surface area (Å²) in [5.74, 6) is 1.25. The molecule has 0 radical (unpaired) electrons. The molecular weight excluding hydrogens is 386 g/mol. The number of unbranched alkanes of at least 4 members (excludes halogenated alkanes) is 2. The fraction of sp³-hybridized carbons (Fsp3) is 0.385. The van der Waals surface area contributed by atoms with Crippen molar-refractivity contribution in [2.24, 2.45) is 5.92 Å². The Kier molecular flexibility index (Phi) is 6.40. The fourth-order valence-electron chi connectivity index (χ4n) is 4.23. The standard InChI is InChI=1S/C26H31N3O2/c1-4-5-9-16-31-21-14-12-20(13-15-21)25-22-23(19-10-7-6-8-11-19)27-28-24(22)26(30)29(25)17-18(2)3/h6-8,10-15,18,25H,4-5,9,16-17H2,1-3H3,(H,27,28). The minimum Gasteiger partial charge on any atom is -0.494 e. The van der Waals surface area contributed by atoms with Crippen LogP contribution in [0.3, 0.4) is 0 Å². The number of H-pyrrole nitrogens is 1. The molecule has 1 aliphatic rings. The van der Waals surface area contributed by atoms with Crippen molar-refractivity contribution in [1.82, 2.24) is 15.1 Å². The predicted molar refractivity (Wildman–Crippen MR) is 123 cm³/mol. The molecule has 0 bridgehead atoms. The number of carbonyl (C=O) groups is 1. The summed E-state index contributed by atoms with van der Waals surface area (Å²) in [7, 11) is 0. The van der Waals surface area contributed by atoms with Gasteiger partial charge in [-0.05, 0) is 30.0 Å². The second kappa shape index (κ2) is 9.38. The molecule has 162 valence electrons. The van der Waals surface area contributed by atoms with Crippen LogP contribution >= 0.6 is 0 Å². The zero-order valence-electron chi connectivity index (χ0n) is 18.6. The molecule has 0 aliphatic carbocycles. The van der Waals surface area contributed by atoms with Gasteiger partial charge in [0.1, 0.15) is 11.4 Å². The number of nitrogens with zero attached hydrogens (tertiary/aromatic N) is 2. The Labute approximate surface area is 184 Å². The number of ether oxygens (including phenoxy) is 1. The van der Waals surface area contributed by atoms with Crippen LogP contribution in [0.1, 0.15) is 67.7 Å². The van der Waals surface area contributed by atoms with Gasteiger partial charge < -0.3 is 9.64 Å². The number of amides is 1. The van der Waals surface area contributed by atoms with Gasteiger partial charge in [0.2, 0.25) is 0 Å². The molecule has 0 spiro atoms. The number of aromatic amines is 1. The average molecular weight is 418 g/mol. The highest BCUT2D eigenvalue weighted by Crippen LogP contribution is 2.43. The second-order valence-corrected chi connectivity index (χ2v) is 8.61. The van der Waals surface area contributed by atoms with Gasteiger partial charge in [-0.3, -0.25) is 9.89 Å². The van der Waals surface area contributed by atoms with Crippen LogP contribution < -0.4 is 4.74 Å². The Hall–Kier alpha value is -3.08. The molecule has 1 unspecified atom stereocenters. The lowest BCUT2D eigenvalue weighted by atomic mass is 9.95. The Bertz CT molecular complexity index is 1010. The third-order valence-corrected chi connectivity index (χ3v) is 5.69. The van der Waals surface area contributed by atoms with Crippen LogP contribution in [0.15, 0.2) is 54.6 Å². The van der Waals surface area contributed by atoms with Crippen LogP contribution in [0.25, 0.3) is 11.3 Å². The quantitative estimate of drug-likeness (QED) is 0.445. The fourth-order valence-corrected chi connectivity index (χ4v) is 4.23. The summed E-state index contributed by atoms with van der Waals surface area (Å²) < 4.78 is 5.89. The van der Waals surface area contributed by atoms with Gasteiger partial charge in [-0.1, -0.05) is 76.1 Å². The van der Waals surface area contributed by atoms with E-state index >= 15 is 0 Å². The molecule has 5 heteroatoms. The van der Waals surface area contributed by atoms with E-state index in [1.807, 2.05) is 47.4 Å². The maximum absolute atomic E-state index is 13.3. The van der Waals surface area contributed by atoms with Crippen LogP contribution in [-0.4, -0.2) is 34.2 Å². The van der Waals surface area contributed by atoms with Crippen LogP contribution in [0, 0.1) is 5.92 Å². The molecule has 2 aromatic carbocycles. The van der Waals surface area contributed by atoms with E-state index in [1.165, 1.54) is 12.8 Å². The van der Waals surface area contributed by atoms with Crippen molar-refractivity contribution in [3.8, 4) is 17.0 Å². The van der Waals surface area contributed by atoms with Crippen LogP contribution in [-0.2, 0) is 0 Å². The van der Waals surface area contributed by atoms with Gasteiger partial charge in [-0.15, -0.1) is 0 Å². The zero-order valence-corrected chi connectivity index (χ0v) is 18.6. The maximum atomic E-state index is 13.3. The van der Waals surface area contributed by atoms with Crippen LogP contribution in [0.2, 0.25) is 0 Å². The Balaban J connectivity index is 1.68. The van der Waals surface area contributed by atoms with Gasteiger partial charge >= 0.3 is 0 Å². The molecule has 0 saturated carbocycles. The van der Waals surface area contributed by atoms with E-state index in [0.717, 1.165) is 41.2 Å². The predicted octanol–water partition coefficient (Wildman–Crippen LogP) is 5.85. The molecule has 1 N–H and O–H groups in total. The number of hydrogen-bond donors (Lipinski definition) is 1. The lowest BCUT2D eigenvalue weighted by molar-refractivity contribution is 0.0722. The van der Waals surface area contributed by atoms with E-state index in [0.29, 0.717) is 18.2 Å². The Morgan fingerprint density at radius 2 is 1.81 bits per heavy atom. The Morgan fingerprint density at radius 1 is 1.06 bits per heavy atom. The van der Waals surface area contributed by atoms with Crippen molar-refractivity contribution >= 4 is 5.91 Å². The molecule has 4 rings (SSSR count). The van der Waals surface area contributed by atoms with Crippen LogP contribution in [0.5, 0.6) is 5.75 Å². The monoisotopic (exact) mass is 417 g/mol. The van der Waals surface area contributed by atoms with Crippen molar-refractivity contribution in [1.29, 1.82) is 0 Å². The van der Waals surface area contributed by atoms with Gasteiger partial charge in [0.15, 0.2) is 0 Å². The Morgan fingerprint density at radius 3 is 2.48 bits per heavy atom. The number of carbonyl (C=O) groups excluding carboxylic acids is 1. The molecule has 2 heterocycles. The van der Waals surface area contributed by atoms with Gasteiger partial charge in [0, 0.05) is 17.7 Å². The highest BCUT2D eigenvalue weighted by molar-refractivity contribution is 6.00. The number of hydrogen-bond acceptors (Lipinski definition) is 3. The molecule has 31 heavy (non-hydrogen) atoms. The first kappa shape index (κ1) is 21.2. The summed E-state index contributed by atoms with van der Waals surface area (Å²) in [6.45, 7) is 7.89. The van der Waals surface area contributed by atoms with E-state index in [1.54, 1.807) is 0 Å². The summed E-state index contributed by atoms with van der Waals surface area (Å²) in [6.07, 6.45) is 3.43. The first-order chi connectivity index (χ1) is 15.1. The highest BCUT2D eigenvalue weighted by Gasteiger charge is 2.42. The maximum Gasteiger partial charge on any atom is 0.273 e. The molecule has 1 aromatic heterocycles. The smallest absolute Gasteiger partial charge is 0.273 e. The van der Waals surface area contributed by atoms with E-state index in [2.05, 4.69) is 43.1 Å². The van der Waals surface area contributed by atoms with Crippen molar-refractivity contribution in [2.75, 3.05) is 13.2 Å². The summed E-state index contributed by atoms with van der Waals surface area (Å²) in [5.41, 5.74) is 4.50. The number of fused-ring (bicyclic) bond motifs is 1. The summed E-state index contributed by atoms with van der Waals surface area (Å²) in [4.78, 5) is 15.2. The normalized spacial score (nSPS) is 15.5. The topological polar surface area (TPSA) is 58.2 Å². The van der Waals surface area contributed by atoms with Gasteiger partial charge in [-0.2, -0.15) is 5.10 Å². The molecule has 0 fully saturated rings. The third kappa shape index (κ3) is 4.36. The van der Waals surface area contributed by atoms with Crippen molar-refractivity contribution in [2.45, 2.75) is 46.1 Å². The lowest BCUT2D eigenvalue weighted by Crippen LogP contribution is -2.32. The summed E-state index contributed by atoms with van der Waals surface area (Å²) in [6, 6.07) is 18.1. The first-order valence-electron chi connectivity index (χ1n) is 11.3. The molecule has 3 aromatic rings. The van der Waals surface area contributed by atoms with Crippen molar-refractivity contribution in [3.05, 3.63) is 71.4 Å². The number of rotatable bonds is 9. The van der Waals surface area contributed by atoms with Gasteiger partial charge in [0.25, 0.3) is 5.91 Å². The SMILES string of the molecule is CCCCCOc1ccc(C2c3c(-c4ccccc4)n[nH]c3C(=O)N2CC(C)C)cc1. The zero-order chi connectivity index (χ0) is 21.8. The average Bonchev–Trinajstić information content (AvgIpc) is 3.32. The summed E-state index contributed by atoms with van der Waals surface area (Å²) >= 11 is 0. The van der Waals surface area contributed by atoms with Gasteiger partial charge in [-0.25, -0.2) is 0 Å². The van der Waals surface area contributed by atoms with E-state index < -0.39 is 0 Å². The summed E-state index contributed by atoms with van der Waals surface area (Å²) in [5, 5.41) is 7.55. The minimum absolute atomic E-state index is 0.0169. The van der Waals surface area contributed by atoms with Crippen molar-refractivity contribution in [3.63, 3.8) is 0 Å². The second-order valence-electron chi connectivity index (χ2n) is 8.61. The first-order valence-corrected chi connectivity index (χ1v) is 11.3. The third-order valence-electron chi connectivity index (χ3n) is 5.69. The molecule has 0 saturated heterocycles. The molecule has 5 nitrogen and oxygen atoms in total. The largest absolute Gasteiger partial charge is 0.494 e. The van der Waals surface area contributed by atoms with E-state index in [4.69, 9.17) is 4.74 Å². The molecule has 1 amide bonds. The highest BCUT2D eigenvalue weighted by atomic mass is 16.5. The number of nitrogens with one attached hydrogen (secondary N) is 1. The van der Waals surface area contributed by atoms with E-state index in [-0.39, 0.29) is 11.9 Å².